The Bertz CT molecular complexity index is 426. The van der Waals surface area contributed by atoms with Crippen molar-refractivity contribution in [3.63, 3.8) is 0 Å². The van der Waals surface area contributed by atoms with Crippen LogP contribution in [0.1, 0.15) is 23.0 Å². The Labute approximate surface area is 81.6 Å². The number of hydrogen-bond acceptors (Lipinski definition) is 4. The molecule has 0 aromatic carbocycles. The monoisotopic (exact) mass is 190 g/mol. The van der Waals surface area contributed by atoms with Crippen molar-refractivity contribution in [2.45, 2.75) is 13.8 Å². The minimum atomic E-state index is -0.300. The topological polar surface area (TPSA) is 52.1 Å². The van der Waals surface area contributed by atoms with Gasteiger partial charge in [0, 0.05) is 0 Å². The summed E-state index contributed by atoms with van der Waals surface area (Å²) in [7, 11) is 0. The van der Waals surface area contributed by atoms with Gasteiger partial charge in [-0.2, -0.15) is 5.10 Å². The van der Waals surface area contributed by atoms with Crippen LogP contribution in [-0.2, 0) is 0 Å². The molecule has 1 aromatic rings. The van der Waals surface area contributed by atoms with Gasteiger partial charge in [0.25, 0.3) is 0 Å². The lowest BCUT2D eigenvalue weighted by atomic mass is 9.96. The van der Waals surface area contributed by atoms with Crippen LogP contribution in [0.3, 0.4) is 0 Å². The molecule has 1 aromatic heterocycles. The Balaban J connectivity index is 2.57. The van der Waals surface area contributed by atoms with Crippen molar-refractivity contribution >= 4 is 5.78 Å². The number of hydrogen-bond donors (Lipinski definition) is 0. The fraction of sp³-hybridized carbons (Fsp3) is 0.300. The fourth-order valence-corrected chi connectivity index (χ4v) is 1.32. The molecule has 0 saturated heterocycles. The summed E-state index contributed by atoms with van der Waals surface area (Å²) in [5, 5.41) is 7.62. The second kappa shape index (κ2) is 2.90. The predicted octanol–water partition coefficient (Wildman–Crippen LogP) is 1.51. The molecule has 14 heavy (non-hydrogen) atoms. The minimum absolute atomic E-state index is 0.00532. The summed E-state index contributed by atoms with van der Waals surface area (Å²) in [6.45, 7) is 7.21. The Hall–Kier alpha value is -1.71. The normalized spacial score (nSPS) is 20.3. The summed E-state index contributed by atoms with van der Waals surface area (Å²) in [4.78, 5) is 11.8. The number of carbonyl (C=O) groups is 1. The molecule has 0 N–H and O–H groups in total. The molecule has 0 saturated carbocycles. The fourth-order valence-electron chi connectivity index (χ4n) is 1.32. The first kappa shape index (κ1) is 8.87. The van der Waals surface area contributed by atoms with Crippen LogP contribution < -0.4 is 4.74 Å². The maximum Gasteiger partial charge on any atom is 0.249 e. The zero-order valence-corrected chi connectivity index (χ0v) is 8.07. The highest BCUT2D eigenvalue weighted by molar-refractivity contribution is 6.02. The van der Waals surface area contributed by atoms with Crippen LogP contribution in [0.15, 0.2) is 18.4 Å². The van der Waals surface area contributed by atoms with Gasteiger partial charge in [0.1, 0.15) is 5.76 Å². The van der Waals surface area contributed by atoms with Crippen LogP contribution in [0.5, 0.6) is 5.88 Å². The van der Waals surface area contributed by atoms with E-state index in [2.05, 4.69) is 16.8 Å². The van der Waals surface area contributed by atoms with E-state index in [9.17, 15) is 4.79 Å². The maximum atomic E-state index is 11.8. The summed E-state index contributed by atoms with van der Waals surface area (Å²) in [6.07, 6.45) is 0. The van der Waals surface area contributed by atoms with E-state index < -0.39 is 0 Å². The number of carbonyl (C=O) groups excluding carboxylic acids is 1. The standard InChI is InChI=1S/C10H10N2O2/c1-5-4-8-9(13)6(2)7(3)14-10(8)12-11-5/h4,6H,3H2,1-2H3. The SMILES string of the molecule is C=C1Oc2nnc(C)cc2C(=O)C1C. The van der Waals surface area contributed by atoms with Crippen molar-refractivity contribution in [2.75, 3.05) is 0 Å². The highest BCUT2D eigenvalue weighted by Crippen LogP contribution is 2.29. The molecule has 0 bridgehead atoms. The molecule has 0 fully saturated rings. The second-order valence-electron chi connectivity index (χ2n) is 3.36. The first-order chi connectivity index (χ1) is 6.59. The lowest BCUT2D eigenvalue weighted by Gasteiger charge is -2.21. The van der Waals surface area contributed by atoms with Crippen LogP contribution >= 0.6 is 0 Å². The number of nitrogens with zero attached hydrogens (tertiary/aromatic N) is 2. The van der Waals surface area contributed by atoms with Crippen molar-refractivity contribution in [3.05, 3.63) is 29.7 Å². The first-order valence-electron chi connectivity index (χ1n) is 4.35. The van der Waals surface area contributed by atoms with Crippen molar-refractivity contribution in [3.8, 4) is 5.88 Å². The summed E-state index contributed by atoms with van der Waals surface area (Å²) in [6, 6.07) is 1.69. The molecule has 4 heteroatoms. The predicted molar refractivity (Wildman–Crippen MR) is 50.0 cm³/mol. The highest BCUT2D eigenvalue weighted by Gasteiger charge is 2.30. The number of ketones is 1. The lowest BCUT2D eigenvalue weighted by Crippen LogP contribution is -2.24. The molecule has 0 amide bonds. The van der Waals surface area contributed by atoms with E-state index in [4.69, 9.17) is 4.74 Å². The van der Waals surface area contributed by atoms with Gasteiger partial charge >= 0.3 is 0 Å². The maximum absolute atomic E-state index is 11.8. The zero-order valence-electron chi connectivity index (χ0n) is 8.07. The number of Topliss-reactive ketones (excluding diaryl/α,β-unsaturated/α-hetero) is 1. The number of rotatable bonds is 0. The van der Waals surface area contributed by atoms with E-state index in [0.29, 0.717) is 17.0 Å². The largest absolute Gasteiger partial charge is 0.441 e. The average Bonchev–Trinajstić information content (AvgIpc) is 2.16. The summed E-state index contributed by atoms with van der Waals surface area (Å²) in [5.74, 6) is 0.393. The molecule has 4 nitrogen and oxygen atoms in total. The number of aryl methyl sites for hydroxylation is 1. The van der Waals surface area contributed by atoms with Gasteiger partial charge in [-0.3, -0.25) is 4.79 Å². The average molecular weight is 190 g/mol. The zero-order chi connectivity index (χ0) is 10.3. The third-order valence-electron chi connectivity index (χ3n) is 2.25. The van der Waals surface area contributed by atoms with Crippen molar-refractivity contribution < 1.29 is 9.53 Å². The minimum Gasteiger partial charge on any atom is -0.441 e. The highest BCUT2D eigenvalue weighted by atomic mass is 16.5. The van der Waals surface area contributed by atoms with E-state index in [1.807, 2.05) is 0 Å². The molecule has 2 heterocycles. The smallest absolute Gasteiger partial charge is 0.249 e. The molecule has 0 aliphatic carbocycles. The van der Waals surface area contributed by atoms with Gasteiger partial charge < -0.3 is 4.74 Å². The van der Waals surface area contributed by atoms with Crippen LogP contribution in [0, 0.1) is 12.8 Å². The van der Waals surface area contributed by atoms with E-state index in [-0.39, 0.29) is 17.6 Å². The van der Waals surface area contributed by atoms with Crippen LogP contribution in [0.2, 0.25) is 0 Å². The van der Waals surface area contributed by atoms with Crippen LogP contribution in [0.4, 0.5) is 0 Å². The van der Waals surface area contributed by atoms with Gasteiger partial charge in [-0.05, 0) is 19.9 Å². The summed E-state index contributed by atoms with van der Waals surface area (Å²) < 4.78 is 5.28. The van der Waals surface area contributed by atoms with Gasteiger partial charge in [0.05, 0.1) is 17.2 Å². The van der Waals surface area contributed by atoms with Crippen LogP contribution in [0.25, 0.3) is 0 Å². The number of allylic oxidation sites excluding steroid dienone is 1. The van der Waals surface area contributed by atoms with Crippen LogP contribution in [-0.4, -0.2) is 16.0 Å². The molecule has 1 atom stereocenters. The number of fused-ring (bicyclic) bond motifs is 1. The molecule has 0 radical (unpaired) electrons. The van der Waals surface area contributed by atoms with Crippen molar-refractivity contribution in [1.82, 2.24) is 10.2 Å². The molecule has 72 valence electrons. The molecule has 0 spiro atoms. The Morgan fingerprint density at radius 2 is 2.21 bits per heavy atom. The van der Waals surface area contributed by atoms with Crippen molar-refractivity contribution in [1.29, 1.82) is 0 Å². The van der Waals surface area contributed by atoms with E-state index in [0.717, 1.165) is 0 Å². The first-order valence-corrected chi connectivity index (χ1v) is 4.35. The van der Waals surface area contributed by atoms with Gasteiger partial charge in [-0.15, -0.1) is 5.10 Å². The Morgan fingerprint density at radius 1 is 1.50 bits per heavy atom. The molecule has 1 aliphatic rings. The molecule has 2 rings (SSSR count). The third kappa shape index (κ3) is 1.19. The second-order valence-corrected chi connectivity index (χ2v) is 3.36. The van der Waals surface area contributed by atoms with E-state index >= 15 is 0 Å². The number of aromatic nitrogens is 2. The van der Waals surface area contributed by atoms with Gasteiger partial charge in [-0.1, -0.05) is 6.58 Å². The molecular formula is C10H10N2O2. The molecular weight excluding hydrogens is 180 g/mol. The van der Waals surface area contributed by atoms with E-state index in [1.165, 1.54) is 0 Å². The molecule has 1 aliphatic heterocycles. The van der Waals surface area contributed by atoms with E-state index in [1.54, 1.807) is 19.9 Å². The van der Waals surface area contributed by atoms with Gasteiger partial charge in [0.2, 0.25) is 5.88 Å². The summed E-state index contributed by atoms with van der Waals surface area (Å²) in [5.41, 5.74) is 1.21. The third-order valence-corrected chi connectivity index (χ3v) is 2.25. The quantitative estimate of drug-likeness (QED) is 0.622. The van der Waals surface area contributed by atoms with Gasteiger partial charge in [-0.25, -0.2) is 0 Å². The lowest BCUT2D eigenvalue weighted by molar-refractivity contribution is 0.0900. The number of ether oxygens (including phenoxy) is 1. The summed E-state index contributed by atoms with van der Waals surface area (Å²) >= 11 is 0. The Kier molecular flexibility index (Phi) is 1.84. The molecule has 1 unspecified atom stereocenters. The van der Waals surface area contributed by atoms with Gasteiger partial charge in [0.15, 0.2) is 5.78 Å². The Morgan fingerprint density at radius 3 is 2.93 bits per heavy atom. The van der Waals surface area contributed by atoms with Crippen molar-refractivity contribution in [2.24, 2.45) is 5.92 Å².